The summed E-state index contributed by atoms with van der Waals surface area (Å²) in [6, 6.07) is 6.12. The minimum Gasteiger partial charge on any atom is -0.495 e. The molecule has 1 heterocycles. The van der Waals surface area contributed by atoms with Crippen LogP contribution >= 0.6 is 0 Å². The van der Waals surface area contributed by atoms with Crippen LogP contribution in [0.4, 0.5) is 5.69 Å². The van der Waals surface area contributed by atoms with E-state index in [0.717, 1.165) is 24.4 Å². The molecule has 1 aromatic carbocycles. The highest BCUT2D eigenvalue weighted by Gasteiger charge is 2.20. The van der Waals surface area contributed by atoms with Gasteiger partial charge in [-0.25, -0.2) is 0 Å². The first-order valence-corrected chi connectivity index (χ1v) is 4.97. The number of anilines is 1. The summed E-state index contributed by atoms with van der Waals surface area (Å²) in [5.41, 5.74) is 8.15. The Hall–Kier alpha value is -1.22. The highest BCUT2D eigenvalue weighted by molar-refractivity contribution is 5.64. The molecule has 0 aromatic heterocycles. The maximum Gasteiger partial charge on any atom is 0.142 e. The van der Waals surface area contributed by atoms with E-state index in [1.54, 1.807) is 7.11 Å². The monoisotopic (exact) mass is 192 g/mol. The lowest BCUT2D eigenvalue weighted by Crippen LogP contribution is -2.22. The van der Waals surface area contributed by atoms with E-state index in [2.05, 4.69) is 11.4 Å². The number of fused-ring (bicyclic) bond motifs is 1. The highest BCUT2D eigenvalue weighted by Crippen LogP contribution is 2.37. The molecule has 3 heteroatoms. The topological polar surface area (TPSA) is 47.3 Å². The zero-order chi connectivity index (χ0) is 9.97. The molecular weight excluding hydrogens is 176 g/mol. The van der Waals surface area contributed by atoms with Gasteiger partial charge in [-0.05, 0) is 30.5 Å². The molecule has 0 spiro atoms. The Kier molecular flexibility index (Phi) is 2.59. The van der Waals surface area contributed by atoms with Gasteiger partial charge in [0.1, 0.15) is 5.75 Å². The zero-order valence-corrected chi connectivity index (χ0v) is 8.42. The molecule has 1 atom stereocenters. The van der Waals surface area contributed by atoms with Crippen molar-refractivity contribution in [2.45, 2.75) is 12.3 Å². The maximum atomic E-state index is 5.74. The molecule has 2 rings (SSSR count). The molecule has 3 N–H and O–H groups in total. The quantitative estimate of drug-likeness (QED) is 0.747. The number of hydrogen-bond donors (Lipinski definition) is 2. The first-order valence-electron chi connectivity index (χ1n) is 4.97. The van der Waals surface area contributed by atoms with Gasteiger partial charge in [0.15, 0.2) is 0 Å². The van der Waals surface area contributed by atoms with Crippen LogP contribution in [0.2, 0.25) is 0 Å². The number of nitrogens with one attached hydrogen (secondary N) is 1. The average molecular weight is 192 g/mol. The second-order valence-electron chi connectivity index (χ2n) is 3.57. The third-order valence-electron chi connectivity index (χ3n) is 2.80. The number of para-hydroxylation sites is 1. The van der Waals surface area contributed by atoms with Crippen molar-refractivity contribution in [1.82, 2.24) is 0 Å². The van der Waals surface area contributed by atoms with Crippen LogP contribution in [0.25, 0.3) is 0 Å². The molecule has 1 aromatic rings. The van der Waals surface area contributed by atoms with E-state index in [0.29, 0.717) is 12.5 Å². The molecule has 0 bridgehead atoms. The third kappa shape index (κ3) is 1.44. The molecule has 0 aliphatic carbocycles. The van der Waals surface area contributed by atoms with Crippen molar-refractivity contribution < 1.29 is 4.74 Å². The highest BCUT2D eigenvalue weighted by atomic mass is 16.5. The van der Waals surface area contributed by atoms with E-state index < -0.39 is 0 Å². The Morgan fingerprint density at radius 1 is 1.57 bits per heavy atom. The number of ether oxygens (including phenoxy) is 1. The number of methoxy groups -OCH3 is 1. The fourth-order valence-corrected chi connectivity index (χ4v) is 2.02. The van der Waals surface area contributed by atoms with E-state index in [9.17, 15) is 0 Å². The van der Waals surface area contributed by atoms with Gasteiger partial charge in [-0.2, -0.15) is 0 Å². The summed E-state index contributed by atoms with van der Waals surface area (Å²) in [7, 11) is 1.70. The zero-order valence-electron chi connectivity index (χ0n) is 8.42. The second kappa shape index (κ2) is 3.88. The predicted molar refractivity (Wildman–Crippen MR) is 57.9 cm³/mol. The molecule has 1 aliphatic rings. The van der Waals surface area contributed by atoms with E-state index in [1.807, 2.05) is 12.1 Å². The van der Waals surface area contributed by atoms with Gasteiger partial charge in [0.2, 0.25) is 0 Å². The van der Waals surface area contributed by atoms with Gasteiger partial charge in [-0.1, -0.05) is 12.1 Å². The summed E-state index contributed by atoms with van der Waals surface area (Å²) in [4.78, 5) is 0. The number of nitrogens with two attached hydrogens (primary N) is 1. The number of rotatable bonds is 2. The molecule has 1 aliphatic heterocycles. The van der Waals surface area contributed by atoms with Gasteiger partial charge < -0.3 is 15.8 Å². The lowest BCUT2D eigenvalue weighted by molar-refractivity contribution is 0.414. The van der Waals surface area contributed by atoms with Crippen LogP contribution in [0, 0.1) is 0 Å². The van der Waals surface area contributed by atoms with Crippen molar-refractivity contribution in [3.8, 4) is 5.75 Å². The lowest BCUT2D eigenvalue weighted by atomic mass is 9.91. The normalized spacial score (nSPS) is 19.7. The predicted octanol–water partition coefficient (Wildman–Crippen LogP) is 1.55. The Morgan fingerprint density at radius 2 is 2.43 bits per heavy atom. The Balaban J connectivity index is 2.43. The summed E-state index contributed by atoms with van der Waals surface area (Å²) in [5.74, 6) is 1.39. The molecule has 76 valence electrons. The van der Waals surface area contributed by atoms with Gasteiger partial charge >= 0.3 is 0 Å². The minimum absolute atomic E-state index is 0.473. The Labute approximate surface area is 84.3 Å². The molecule has 3 nitrogen and oxygen atoms in total. The van der Waals surface area contributed by atoms with Crippen molar-refractivity contribution in [3.63, 3.8) is 0 Å². The Bertz CT molecular complexity index is 325. The smallest absolute Gasteiger partial charge is 0.142 e. The maximum absolute atomic E-state index is 5.74. The summed E-state index contributed by atoms with van der Waals surface area (Å²) in [6.07, 6.45) is 1.11. The minimum atomic E-state index is 0.473. The Morgan fingerprint density at radius 3 is 3.14 bits per heavy atom. The van der Waals surface area contributed by atoms with E-state index in [1.165, 1.54) is 5.56 Å². The first kappa shape index (κ1) is 9.34. The van der Waals surface area contributed by atoms with Gasteiger partial charge in [0, 0.05) is 6.54 Å². The van der Waals surface area contributed by atoms with Crippen LogP contribution in [0.1, 0.15) is 17.9 Å². The molecule has 0 amide bonds. The van der Waals surface area contributed by atoms with Crippen molar-refractivity contribution in [1.29, 1.82) is 0 Å². The van der Waals surface area contributed by atoms with Crippen molar-refractivity contribution in [2.75, 3.05) is 25.5 Å². The lowest BCUT2D eigenvalue weighted by Gasteiger charge is -2.26. The van der Waals surface area contributed by atoms with Crippen LogP contribution in [-0.2, 0) is 0 Å². The molecule has 0 saturated heterocycles. The number of hydrogen-bond acceptors (Lipinski definition) is 3. The van der Waals surface area contributed by atoms with Crippen molar-refractivity contribution in [2.24, 2.45) is 5.73 Å². The molecule has 14 heavy (non-hydrogen) atoms. The van der Waals surface area contributed by atoms with Gasteiger partial charge in [-0.3, -0.25) is 0 Å². The fraction of sp³-hybridized carbons (Fsp3) is 0.455. The summed E-state index contributed by atoms with van der Waals surface area (Å²) in [6.45, 7) is 1.69. The largest absolute Gasteiger partial charge is 0.495 e. The standard InChI is InChI=1S/C11H16N2O/c1-14-10-4-2-3-9-8(7-12)5-6-13-11(9)10/h2-4,8,13H,5-7,12H2,1H3. The van der Waals surface area contributed by atoms with E-state index in [4.69, 9.17) is 10.5 Å². The number of benzene rings is 1. The van der Waals surface area contributed by atoms with Crippen molar-refractivity contribution in [3.05, 3.63) is 23.8 Å². The SMILES string of the molecule is COc1cccc2c1NCCC2CN. The van der Waals surface area contributed by atoms with E-state index in [-0.39, 0.29) is 0 Å². The summed E-state index contributed by atoms with van der Waals surface area (Å²) < 4.78 is 5.30. The van der Waals surface area contributed by atoms with Crippen LogP contribution in [0.15, 0.2) is 18.2 Å². The summed E-state index contributed by atoms with van der Waals surface area (Å²) >= 11 is 0. The molecule has 0 saturated carbocycles. The second-order valence-corrected chi connectivity index (χ2v) is 3.57. The van der Waals surface area contributed by atoms with Crippen LogP contribution < -0.4 is 15.8 Å². The van der Waals surface area contributed by atoms with Gasteiger partial charge in [0.25, 0.3) is 0 Å². The summed E-state index contributed by atoms with van der Waals surface area (Å²) in [5, 5.41) is 3.37. The molecular formula is C11H16N2O. The van der Waals surface area contributed by atoms with Crippen LogP contribution in [0.3, 0.4) is 0 Å². The van der Waals surface area contributed by atoms with Gasteiger partial charge in [0.05, 0.1) is 12.8 Å². The molecule has 1 unspecified atom stereocenters. The van der Waals surface area contributed by atoms with Gasteiger partial charge in [-0.15, -0.1) is 0 Å². The third-order valence-corrected chi connectivity index (χ3v) is 2.80. The average Bonchev–Trinajstić information content (AvgIpc) is 2.27. The van der Waals surface area contributed by atoms with Crippen LogP contribution in [0.5, 0.6) is 5.75 Å². The van der Waals surface area contributed by atoms with Crippen molar-refractivity contribution >= 4 is 5.69 Å². The molecule has 0 fully saturated rings. The first-order chi connectivity index (χ1) is 6.86. The fourth-order valence-electron chi connectivity index (χ4n) is 2.02. The van der Waals surface area contributed by atoms with Crippen LogP contribution in [-0.4, -0.2) is 20.2 Å². The molecule has 0 radical (unpaired) electrons. The van der Waals surface area contributed by atoms with E-state index >= 15 is 0 Å².